The number of nitrogens with one attached hydrogen (secondary N) is 1. The Morgan fingerprint density at radius 3 is 2.55 bits per heavy atom. The smallest absolute Gasteiger partial charge is 0.231 e. The minimum absolute atomic E-state index is 0.0360. The highest BCUT2D eigenvalue weighted by Crippen LogP contribution is 2.33. The van der Waals surface area contributed by atoms with Gasteiger partial charge in [0.15, 0.2) is 23.1 Å². The first kappa shape index (κ1) is 24.2. The molecule has 0 bridgehead atoms. The standard InChI is InChI=1S/C29H32N6O3/c1-2-11-30-29(36)17-22-19-35(24-6-4-3-5-23(22)24)28-10-9-27(31-32-28)34-14-12-33(13-15-34)18-21-7-8-25-26(16-21)38-20-37-25/h3-10,16,19H,2,11-15,17-18,20H2,1H3,(H,30,36). The van der Waals surface area contributed by atoms with Gasteiger partial charge >= 0.3 is 0 Å². The number of carbonyl (C=O) groups is 1. The molecule has 2 aromatic heterocycles. The topological polar surface area (TPSA) is 84.8 Å². The van der Waals surface area contributed by atoms with E-state index in [4.69, 9.17) is 9.47 Å². The average molecular weight is 513 g/mol. The molecule has 1 N–H and O–H groups in total. The number of hydrogen-bond acceptors (Lipinski definition) is 7. The van der Waals surface area contributed by atoms with Crippen LogP contribution in [0.2, 0.25) is 0 Å². The summed E-state index contributed by atoms with van der Waals surface area (Å²) in [6.45, 7) is 7.60. The number of ether oxygens (including phenoxy) is 2. The van der Waals surface area contributed by atoms with Gasteiger partial charge in [0.2, 0.25) is 12.7 Å². The van der Waals surface area contributed by atoms with Gasteiger partial charge in [0, 0.05) is 50.9 Å². The van der Waals surface area contributed by atoms with E-state index in [1.54, 1.807) is 0 Å². The van der Waals surface area contributed by atoms with E-state index in [1.807, 2.05) is 41.1 Å². The second-order valence-corrected chi connectivity index (χ2v) is 9.77. The van der Waals surface area contributed by atoms with Crippen molar-refractivity contribution in [2.24, 2.45) is 0 Å². The summed E-state index contributed by atoms with van der Waals surface area (Å²) >= 11 is 0. The van der Waals surface area contributed by atoms with Crippen LogP contribution in [0.5, 0.6) is 11.5 Å². The monoisotopic (exact) mass is 512 g/mol. The van der Waals surface area contributed by atoms with Crippen LogP contribution in [-0.4, -0.2) is 65.1 Å². The van der Waals surface area contributed by atoms with E-state index in [1.165, 1.54) is 5.56 Å². The maximum Gasteiger partial charge on any atom is 0.231 e. The number of fused-ring (bicyclic) bond motifs is 2. The van der Waals surface area contributed by atoms with E-state index in [0.717, 1.165) is 78.7 Å². The second kappa shape index (κ2) is 10.7. The number of carbonyl (C=O) groups excluding carboxylic acids is 1. The van der Waals surface area contributed by atoms with Gasteiger partial charge in [-0.1, -0.05) is 31.2 Å². The van der Waals surface area contributed by atoms with Crippen molar-refractivity contribution in [3.63, 3.8) is 0 Å². The minimum Gasteiger partial charge on any atom is -0.454 e. The zero-order valence-electron chi connectivity index (χ0n) is 21.6. The van der Waals surface area contributed by atoms with E-state index in [-0.39, 0.29) is 5.91 Å². The minimum atomic E-state index is 0.0360. The Hall–Kier alpha value is -4.11. The molecule has 2 aliphatic rings. The lowest BCUT2D eigenvalue weighted by molar-refractivity contribution is -0.120. The van der Waals surface area contributed by atoms with Crippen molar-refractivity contribution in [3.05, 3.63) is 71.9 Å². The van der Waals surface area contributed by atoms with Crippen LogP contribution in [0.25, 0.3) is 16.7 Å². The number of piperazine rings is 1. The van der Waals surface area contributed by atoms with Crippen molar-refractivity contribution >= 4 is 22.6 Å². The number of rotatable bonds is 8. The summed E-state index contributed by atoms with van der Waals surface area (Å²) in [7, 11) is 0. The van der Waals surface area contributed by atoms with Gasteiger partial charge in [0.25, 0.3) is 0 Å². The van der Waals surface area contributed by atoms with Crippen molar-refractivity contribution in [2.75, 3.05) is 44.4 Å². The van der Waals surface area contributed by atoms with E-state index in [9.17, 15) is 4.79 Å². The first-order chi connectivity index (χ1) is 18.7. The fraction of sp³-hybridized carbons (Fsp3) is 0.345. The summed E-state index contributed by atoms with van der Waals surface area (Å²) in [5, 5.41) is 13.2. The van der Waals surface area contributed by atoms with Gasteiger partial charge in [0.1, 0.15) is 0 Å². The number of aromatic nitrogens is 3. The van der Waals surface area contributed by atoms with Crippen molar-refractivity contribution in [1.82, 2.24) is 25.0 Å². The maximum absolute atomic E-state index is 12.4. The summed E-state index contributed by atoms with van der Waals surface area (Å²) in [6, 6.07) is 18.3. The molecular weight excluding hydrogens is 480 g/mol. The second-order valence-electron chi connectivity index (χ2n) is 9.77. The Morgan fingerprint density at radius 1 is 0.947 bits per heavy atom. The molecule has 2 aliphatic heterocycles. The Balaban J connectivity index is 1.11. The van der Waals surface area contributed by atoms with Gasteiger partial charge in [0.05, 0.1) is 11.9 Å². The third kappa shape index (κ3) is 5.02. The first-order valence-electron chi connectivity index (χ1n) is 13.2. The molecule has 0 aliphatic carbocycles. The first-order valence-corrected chi connectivity index (χ1v) is 13.2. The van der Waals surface area contributed by atoms with Crippen LogP contribution in [0.1, 0.15) is 24.5 Å². The normalized spacial score (nSPS) is 15.2. The van der Waals surface area contributed by atoms with Crippen LogP contribution in [0.15, 0.2) is 60.8 Å². The summed E-state index contributed by atoms with van der Waals surface area (Å²) in [4.78, 5) is 17.1. The molecule has 1 amide bonds. The van der Waals surface area contributed by atoms with Crippen LogP contribution < -0.4 is 19.7 Å². The number of para-hydroxylation sites is 1. The molecule has 0 atom stereocenters. The van der Waals surface area contributed by atoms with Gasteiger partial charge < -0.3 is 19.7 Å². The van der Waals surface area contributed by atoms with E-state index < -0.39 is 0 Å². The van der Waals surface area contributed by atoms with Gasteiger partial charge in [-0.2, -0.15) is 0 Å². The Morgan fingerprint density at radius 2 is 1.74 bits per heavy atom. The lowest BCUT2D eigenvalue weighted by atomic mass is 10.1. The number of amides is 1. The molecule has 2 aromatic carbocycles. The van der Waals surface area contributed by atoms with E-state index in [0.29, 0.717) is 19.8 Å². The van der Waals surface area contributed by atoms with Crippen LogP contribution in [0.4, 0.5) is 5.82 Å². The largest absolute Gasteiger partial charge is 0.454 e. The molecule has 4 aromatic rings. The zero-order chi connectivity index (χ0) is 25.9. The molecule has 0 spiro atoms. The molecule has 38 heavy (non-hydrogen) atoms. The lowest BCUT2D eigenvalue weighted by Crippen LogP contribution is -2.46. The number of benzene rings is 2. The van der Waals surface area contributed by atoms with E-state index in [2.05, 4.69) is 56.5 Å². The Kier molecular flexibility index (Phi) is 6.83. The summed E-state index contributed by atoms with van der Waals surface area (Å²) in [5.74, 6) is 3.31. The van der Waals surface area contributed by atoms with Crippen LogP contribution in [0, 0.1) is 0 Å². The van der Waals surface area contributed by atoms with Crippen molar-refractivity contribution in [2.45, 2.75) is 26.3 Å². The fourth-order valence-electron chi connectivity index (χ4n) is 5.13. The zero-order valence-corrected chi connectivity index (χ0v) is 21.6. The fourth-order valence-corrected chi connectivity index (χ4v) is 5.13. The van der Waals surface area contributed by atoms with Crippen LogP contribution >= 0.6 is 0 Å². The van der Waals surface area contributed by atoms with Gasteiger partial charge in [-0.05, 0) is 47.9 Å². The highest BCUT2D eigenvalue weighted by atomic mass is 16.7. The highest BCUT2D eigenvalue weighted by Gasteiger charge is 2.21. The quantitative estimate of drug-likeness (QED) is 0.387. The molecule has 196 valence electrons. The molecule has 4 heterocycles. The van der Waals surface area contributed by atoms with Gasteiger partial charge in [-0.25, -0.2) is 0 Å². The third-order valence-electron chi connectivity index (χ3n) is 7.14. The molecule has 6 rings (SSSR count). The molecule has 1 fully saturated rings. The van der Waals surface area contributed by atoms with Crippen molar-refractivity contribution in [1.29, 1.82) is 0 Å². The molecule has 1 saturated heterocycles. The van der Waals surface area contributed by atoms with Crippen molar-refractivity contribution in [3.8, 4) is 17.3 Å². The predicted octanol–water partition coefficient (Wildman–Crippen LogP) is 3.54. The van der Waals surface area contributed by atoms with Crippen molar-refractivity contribution < 1.29 is 14.3 Å². The number of hydrogen-bond donors (Lipinski definition) is 1. The number of nitrogens with zero attached hydrogens (tertiary/aromatic N) is 5. The Bertz CT molecular complexity index is 1430. The lowest BCUT2D eigenvalue weighted by Gasteiger charge is -2.35. The highest BCUT2D eigenvalue weighted by molar-refractivity contribution is 5.90. The summed E-state index contributed by atoms with van der Waals surface area (Å²) in [5.41, 5.74) is 3.23. The summed E-state index contributed by atoms with van der Waals surface area (Å²) in [6.07, 6.45) is 3.27. The predicted molar refractivity (Wildman–Crippen MR) is 146 cm³/mol. The van der Waals surface area contributed by atoms with Gasteiger partial charge in [-0.3, -0.25) is 14.3 Å². The molecule has 0 radical (unpaired) electrons. The Labute approximate surface area is 222 Å². The van der Waals surface area contributed by atoms with Crippen LogP contribution in [0.3, 0.4) is 0 Å². The molecule has 0 saturated carbocycles. The van der Waals surface area contributed by atoms with E-state index >= 15 is 0 Å². The summed E-state index contributed by atoms with van der Waals surface area (Å²) < 4.78 is 13.0. The van der Waals surface area contributed by atoms with Crippen LogP contribution in [-0.2, 0) is 17.8 Å². The molecule has 0 unspecified atom stereocenters. The molecule has 9 heteroatoms. The SMILES string of the molecule is CCCNC(=O)Cc1cn(-c2ccc(N3CCN(Cc4ccc5c(c4)OCO5)CC3)nn2)c2ccccc12. The molecule has 9 nitrogen and oxygen atoms in total. The van der Waals surface area contributed by atoms with Gasteiger partial charge in [-0.15, -0.1) is 10.2 Å². The maximum atomic E-state index is 12.4. The third-order valence-corrected chi connectivity index (χ3v) is 7.14. The average Bonchev–Trinajstić information content (AvgIpc) is 3.57. The number of anilines is 1. The molecular formula is C29H32N6O3.